The predicted octanol–water partition coefficient (Wildman–Crippen LogP) is 3.47. The van der Waals surface area contributed by atoms with Crippen LogP contribution in [0.2, 0.25) is 0 Å². The number of hydrogen-bond acceptors (Lipinski definition) is 1. The molecule has 1 aromatic carbocycles. The van der Waals surface area contributed by atoms with Crippen LogP contribution in [0.3, 0.4) is 0 Å². The van der Waals surface area contributed by atoms with Gasteiger partial charge in [-0.15, -0.1) is 0 Å². The molecule has 17 heavy (non-hydrogen) atoms. The van der Waals surface area contributed by atoms with Gasteiger partial charge in [0.1, 0.15) is 0 Å². The Bertz CT molecular complexity index is 445. The summed E-state index contributed by atoms with van der Waals surface area (Å²) in [6, 6.07) is 4.37. The van der Waals surface area contributed by atoms with Crippen molar-refractivity contribution in [1.29, 1.82) is 0 Å². The van der Waals surface area contributed by atoms with Gasteiger partial charge in [-0.05, 0) is 23.5 Å². The number of aryl methyl sites for hydroxylation is 1. The van der Waals surface area contributed by atoms with Crippen molar-refractivity contribution in [2.75, 3.05) is 0 Å². The Hall–Kier alpha value is -1.45. The Kier molecular flexibility index (Phi) is 3.28. The molecular weight excluding hydrogens is 226 g/mol. The standard InChI is InChI=1S/C13H16F2O2/c1-8-7-9(12(2,3)4)5-6-10(8)13(14,15)11(16)17/h5-7H,1-4H3,(H,16,17). The number of carboxylic acids is 1. The summed E-state index contributed by atoms with van der Waals surface area (Å²) in [5.74, 6) is -5.95. The lowest BCUT2D eigenvalue weighted by Gasteiger charge is -2.22. The lowest BCUT2D eigenvalue weighted by molar-refractivity contribution is -0.166. The highest BCUT2D eigenvalue weighted by Crippen LogP contribution is 2.33. The normalized spacial score (nSPS) is 12.6. The van der Waals surface area contributed by atoms with Crippen LogP contribution in [0.5, 0.6) is 0 Å². The number of hydrogen-bond donors (Lipinski definition) is 1. The van der Waals surface area contributed by atoms with E-state index in [4.69, 9.17) is 5.11 Å². The minimum Gasteiger partial charge on any atom is -0.477 e. The summed E-state index contributed by atoms with van der Waals surface area (Å²) in [6.07, 6.45) is 0. The van der Waals surface area contributed by atoms with Gasteiger partial charge in [-0.3, -0.25) is 0 Å². The fraction of sp³-hybridized carbons (Fsp3) is 0.462. The Morgan fingerprint density at radius 3 is 2.12 bits per heavy atom. The van der Waals surface area contributed by atoms with Crippen LogP contribution >= 0.6 is 0 Å². The third-order valence-corrected chi connectivity index (χ3v) is 2.70. The molecule has 1 rings (SSSR count). The molecule has 0 aliphatic heterocycles. The van der Waals surface area contributed by atoms with E-state index in [-0.39, 0.29) is 5.41 Å². The first-order valence-electron chi connectivity index (χ1n) is 5.29. The van der Waals surface area contributed by atoms with Gasteiger partial charge in [-0.2, -0.15) is 8.78 Å². The highest BCUT2D eigenvalue weighted by Gasteiger charge is 2.42. The molecule has 0 saturated heterocycles. The largest absolute Gasteiger partial charge is 0.477 e. The van der Waals surface area contributed by atoms with E-state index in [1.807, 2.05) is 20.8 Å². The first-order chi connectivity index (χ1) is 7.56. The van der Waals surface area contributed by atoms with E-state index in [9.17, 15) is 13.6 Å². The maximum absolute atomic E-state index is 13.4. The minimum absolute atomic E-state index is 0.151. The highest BCUT2D eigenvalue weighted by atomic mass is 19.3. The molecule has 0 bridgehead atoms. The van der Waals surface area contributed by atoms with Crippen molar-refractivity contribution in [2.24, 2.45) is 0 Å². The van der Waals surface area contributed by atoms with Crippen LogP contribution in [-0.2, 0) is 16.1 Å². The quantitative estimate of drug-likeness (QED) is 0.862. The van der Waals surface area contributed by atoms with E-state index in [2.05, 4.69) is 0 Å². The number of alkyl halides is 2. The summed E-state index contributed by atoms with van der Waals surface area (Å²) >= 11 is 0. The van der Waals surface area contributed by atoms with Gasteiger partial charge >= 0.3 is 11.9 Å². The molecule has 0 amide bonds. The number of benzene rings is 1. The highest BCUT2D eigenvalue weighted by molar-refractivity contribution is 5.77. The molecule has 0 aromatic heterocycles. The number of aliphatic carboxylic acids is 1. The monoisotopic (exact) mass is 242 g/mol. The average Bonchev–Trinajstić information content (AvgIpc) is 2.15. The van der Waals surface area contributed by atoms with Gasteiger partial charge in [0.25, 0.3) is 0 Å². The molecule has 0 aliphatic carbocycles. The molecule has 0 radical (unpaired) electrons. The van der Waals surface area contributed by atoms with Crippen molar-refractivity contribution in [1.82, 2.24) is 0 Å². The molecule has 1 N–H and O–H groups in total. The smallest absolute Gasteiger partial charge is 0.379 e. The average molecular weight is 242 g/mol. The number of carboxylic acid groups (broad SMARTS) is 1. The van der Waals surface area contributed by atoms with Crippen molar-refractivity contribution in [3.8, 4) is 0 Å². The topological polar surface area (TPSA) is 37.3 Å². The first kappa shape index (κ1) is 13.6. The SMILES string of the molecule is Cc1cc(C(C)(C)C)ccc1C(F)(F)C(=O)O. The fourth-order valence-electron chi connectivity index (χ4n) is 1.60. The third-order valence-electron chi connectivity index (χ3n) is 2.70. The zero-order valence-corrected chi connectivity index (χ0v) is 10.3. The van der Waals surface area contributed by atoms with Gasteiger partial charge in [0, 0.05) is 5.56 Å². The summed E-state index contributed by atoms with van der Waals surface area (Å²) in [6.45, 7) is 7.41. The van der Waals surface area contributed by atoms with Gasteiger partial charge in [-0.25, -0.2) is 4.79 Å². The van der Waals surface area contributed by atoms with Crippen LogP contribution in [0, 0.1) is 6.92 Å². The Morgan fingerprint density at radius 2 is 1.76 bits per heavy atom. The van der Waals surface area contributed by atoms with Crippen LogP contribution in [0.25, 0.3) is 0 Å². The molecule has 0 atom stereocenters. The van der Waals surface area contributed by atoms with Crippen LogP contribution in [0.4, 0.5) is 8.78 Å². The molecule has 0 fully saturated rings. The first-order valence-corrected chi connectivity index (χ1v) is 5.29. The van der Waals surface area contributed by atoms with Crippen LogP contribution in [0.1, 0.15) is 37.5 Å². The zero-order chi connectivity index (χ0) is 13.4. The molecule has 4 heteroatoms. The predicted molar refractivity (Wildman–Crippen MR) is 61.4 cm³/mol. The van der Waals surface area contributed by atoms with E-state index < -0.39 is 17.5 Å². The second kappa shape index (κ2) is 4.09. The van der Waals surface area contributed by atoms with Gasteiger partial charge in [0.05, 0.1) is 0 Å². The zero-order valence-electron chi connectivity index (χ0n) is 10.3. The van der Waals surface area contributed by atoms with Gasteiger partial charge in [-0.1, -0.05) is 39.0 Å². The van der Waals surface area contributed by atoms with Crippen LogP contribution < -0.4 is 0 Å². The van der Waals surface area contributed by atoms with Crippen LogP contribution in [-0.4, -0.2) is 11.1 Å². The molecule has 94 valence electrons. The summed E-state index contributed by atoms with van der Waals surface area (Å²) in [5.41, 5.74) is 0.602. The summed E-state index contributed by atoms with van der Waals surface area (Å²) in [7, 11) is 0. The molecule has 0 spiro atoms. The van der Waals surface area contributed by atoms with E-state index >= 15 is 0 Å². The van der Waals surface area contributed by atoms with Crippen LogP contribution in [0.15, 0.2) is 18.2 Å². The molecular formula is C13H16F2O2. The number of halogens is 2. The minimum atomic E-state index is -3.83. The lowest BCUT2D eigenvalue weighted by atomic mass is 9.85. The van der Waals surface area contributed by atoms with Crippen molar-refractivity contribution in [2.45, 2.75) is 39.0 Å². The van der Waals surface area contributed by atoms with Crippen molar-refractivity contribution >= 4 is 5.97 Å². The molecule has 1 aromatic rings. The molecule has 0 saturated carbocycles. The fourth-order valence-corrected chi connectivity index (χ4v) is 1.60. The van der Waals surface area contributed by atoms with E-state index in [0.717, 1.165) is 5.56 Å². The summed E-state index contributed by atoms with van der Waals surface area (Å²) in [5, 5.41) is 8.50. The summed E-state index contributed by atoms with van der Waals surface area (Å²) in [4.78, 5) is 10.5. The Balaban J connectivity index is 3.29. The van der Waals surface area contributed by atoms with Crippen molar-refractivity contribution in [3.63, 3.8) is 0 Å². The maximum Gasteiger partial charge on any atom is 0.379 e. The molecule has 2 nitrogen and oxygen atoms in total. The van der Waals surface area contributed by atoms with Gasteiger partial charge < -0.3 is 5.11 Å². The summed E-state index contributed by atoms with van der Waals surface area (Å²) < 4.78 is 26.7. The molecule has 0 aliphatic rings. The number of carbonyl (C=O) groups is 1. The number of rotatable bonds is 2. The van der Waals surface area contributed by atoms with Crippen molar-refractivity contribution in [3.05, 3.63) is 34.9 Å². The Labute approximate surface area is 99.3 Å². The molecule has 0 unspecified atom stereocenters. The van der Waals surface area contributed by atoms with Gasteiger partial charge in [0.15, 0.2) is 0 Å². The lowest BCUT2D eigenvalue weighted by Crippen LogP contribution is -2.26. The van der Waals surface area contributed by atoms with Crippen molar-refractivity contribution < 1.29 is 18.7 Å². The second-order valence-corrected chi connectivity index (χ2v) is 5.16. The van der Waals surface area contributed by atoms with E-state index in [0.29, 0.717) is 5.56 Å². The van der Waals surface area contributed by atoms with Gasteiger partial charge in [0.2, 0.25) is 0 Å². The van der Waals surface area contributed by atoms with E-state index in [1.54, 1.807) is 12.1 Å². The maximum atomic E-state index is 13.4. The van der Waals surface area contributed by atoms with E-state index in [1.165, 1.54) is 13.0 Å². The second-order valence-electron chi connectivity index (χ2n) is 5.16. The Morgan fingerprint density at radius 1 is 1.24 bits per heavy atom. The third kappa shape index (κ3) is 2.62. The molecule has 0 heterocycles.